The summed E-state index contributed by atoms with van der Waals surface area (Å²) in [6.45, 7) is 3.17. The molecule has 0 bridgehead atoms. The summed E-state index contributed by atoms with van der Waals surface area (Å²) in [4.78, 5) is 15.4. The second kappa shape index (κ2) is 8.09. The highest BCUT2D eigenvalue weighted by atomic mass is 16.4. The maximum absolute atomic E-state index is 11.8. The monoisotopic (exact) mass is 440 g/mol. The molecule has 33 heavy (non-hydrogen) atoms. The van der Waals surface area contributed by atoms with Crippen molar-refractivity contribution in [3.05, 3.63) is 58.8 Å². The molecular weight excluding hydrogens is 408 g/mol. The number of hydrogen-bond donors (Lipinski definition) is 2. The third-order valence-corrected chi connectivity index (χ3v) is 7.91. The molecule has 0 saturated heterocycles. The Balaban J connectivity index is 1.67. The summed E-state index contributed by atoms with van der Waals surface area (Å²) in [6.07, 6.45) is 12.9. The van der Waals surface area contributed by atoms with E-state index in [2.05, 4.69) is 40.9 Å². The fourth-order valence-corrected chi connectivity index (χ4v) is 6.50. The van der Waals surface area contributed by atoms with Gasteiger partial charge in [-0.05, 0) is 72.9 Å². The normalized spacial score (nSPS) is 16.6. The molecule has 2 N–H and O–H groups in total. The van der Waals surface area contributed by atoms with Crippen molar-refractivity contribution in [2.45, 2.75) is 77.2 Å². The Kier molecular flexibility index (Phi) is 5.05. The van der Waals surface area contributed by atoms with Gasteiger partial charge in [-0.15, -0.1) is 0 Å². The van der Waals surface area contributed by atoms with Gasteiger partial charge in [-0.1, -0.05) is 44.7 Å². The SMILES string of the molecule is CCCc1cc2c3c(c[nH]c3c1)-c1c(C3CCCCC3)c3ccc(C(=O)O)cc3n1CCC2. The van der Waals surface area contributed by atoms with Crippen molar-refractivity contribution in [1.29, 1.82) is 0 Å². The maximum atomic E-state index is 11.8. The van der Waals surface area contributed by atoms with Gasteiger partial charge >= 0.3 is 5.97 Å². The van der Waals surface area contributed by atoms with Crippen LogP contribution in [0.5, 0.6) is 0 Å². The van der Waals surface area contributed by atoms with Crippen LogP contribution >= 0.6 is 0 Å². The molecule has 2 aromatic heterocycles. The number of rotatable bonds is 4. The Labute approximate surface area is 194 Å². The molecule has 4 aromatic rings. The van der Waals surface area contributed by atoms with Gasteiger partial charge < -0.3 is 14.7 Å². The minimum absolute atomic E-state index is 0.379. The lowest BCUT2D eigenvalue weighted by molar-refractivity contribution is 0.0697. The second-order valence-corrected chi connectivity index (χ2v) is 10.0. The van der Waals surface area contributed by atoms with Crippen LogP contribution in [0, 0.1) is 0 Å². The highest BCUT2D eigenvalue weighted by Gasteiger charge is 2.29. The van der Waals surface area contributed by atoms with Gasteiger partial charge in [0.05, 0.1) is 11.3 Å². The Hall–Kier alpha value is -3.01. The zero-order chi connectivity index (χ0) is 22.5. The highest BCUT2D eigenvalue weighted by molar-refractivity contribution is 6.04. The van der Waals surface area contributed by atoms with Crippen LogP contribution in [0.15, 0.2) is 36.5 Å². The molecular formula is C29H32N2O2. The number of fused-ring (bicyclic) bond motifs is 4. The van der Waals surface area contributed by atoms with E-state index in [0.717, 1.165) is 37.7 Å². The minimum Gasteiger partial charge on any atom is -0.478 e. The number of carboxylic acid groups (broad SMARTS) is 1. The van der Waals surface area contributed by atoms with E-state index in [1.807, 2.05) is 6.07 Å². The summed E-state index contributed by atoms with van der Waals surface area (Å²) in [5, 5.41) is 12.3. The Morgan fingerprint density at radius 1 is 1.12 bits per heavy atom. The van der Waals surface area contributed by atoms with Gasteiger partial charge in [0.2, 0.25) is 0 Å². The molecule has 4 nitrogen and oxygen atoms in total. The molecule has 1 fully saturated rings. The van der Waals surface area contributed by atoms with Crippen molar-refractivity contribution in [3.63, 3.8) is 0 Å². The van der Waals surface area contributed by atoms with Crippen LogP contribution in [-0.4, -0.2) is 20.6 Å². The van der Waals surface area contributed by atoms with Crippen LogP contribution in [0.4, 0.5) is 0 Å². The van der Waals surface area contributed by atoms with Gasteiger partial charge in [0.15, 0.2) is 0 Å². The number of aryl methyl sites for hydroxylation is 3. The van der Waals surface area contributed by atoms with Crippen LogP contribution in [0.3, 0.4) is 0 Å². The van der Waals surface area contributed by atoms with E-state index in [9.17, 15) is 9.90 Å². The fraction of sp³-hybridized carbons (Fsp3) is 0.414. The Morgan fingerprint density at radius 2 is 1.97 bits per heavy atom. The first-order valence-corrected chi connectivity index (χ1v) is 12.7. The van der Waals surface area contributed by atoms with Gasteiger partial charge in [0.25, 0.3) is 0 Å². The summed E-state index contributed by atoms with van der Waals surface area (Å²) >= 11 is 0. The lowest BCUT2D eigenvalue weighted by Crippen LogP contribution is -2.09. The number of aromatic carboxylic acids is 1. The molecule has 3 heterocycles. The predicted octanol–water partition coefficient (Wildman–Crippen LogP) is 7.43. The molecule has 0 spiro atoms. The Bertz CT molecular complexity index is 1370. The van der Waals surface area contributed by atoms with Crippen molar-refractivity contribution in [2.24, 2.45) is 0 Å². The number of carboxylic acids is 1. The standard InChI is InChI=1S/C29H32N2O2/c1-2-7-18-14-20-10-6-13-31-25-16-21(29(32)33)11-12-22(25)27(19-8-4-3-5-9-19)28(31)23-17-30-24(15-18)26(20)23/h11-12,14-17,19,30H,2-10,13H2,1H3,(H,32,33). The highest BCUT2D eigenvalue weighted by Crippen LogP contribution is 2.47. The van der Waals surface area contributed by atoms with Crippen molar-refractivity contribution in [2.75, 3.05) is 0 Å². The molecule has 1 saturated carbocycles. The predicted molar refractivity (Wildman–Crippen MR) is 134 cm³/mol. The number of aromatic amines is 1. The quantitative estimate of drug-likeness (QED) is 0.346. The molecule has 6 rings (SSSR count). The largest absolute Gasteiger partial charge is 0.478 e. The average molecular weight is 441 g/mol. The smallest absolute Gasteiger partial charge is 0.335 e. The number of nitrogens with zero attached hydrogens (tertiary/aromatic N) is 1. The maximum Gasteiger partial charge on any atom is 0.335 e. The first kappa shape index (κ1) is 20.6. The topological polar surface area (TPSA) is 58.0 Å². The summed E-state index contributed by atoms with van der Waals surface area (Å²) in [7, 11) is 0. The lowest BCUT2D eigenvalue weighted by Gasteiger charge is -2.24. The summed E-state index contributed by atoms with van der Waals surface area (Å²) in [5.41, 5.74) is 9.68. The summed E-state index contributed by atoms with van der Waals surface area (Å²) < 4.78 is 2.44. The fourth-order valence-electron chi connectivity index (χ4n) is 6.50. The van der Waals surface area contributed by atoms with Crippen molar-refractivity contribution in [3.8, 4) is 11.3 Å². The third-order valence-electron chi connectivity index (χ3n) is 7.91. The number of benzene rings is 2. The van der Waals surface area contributed by atoms with Crippen LogP contribution in [0.25, 0.3) is 33.1 Å². The molecule has 0 amide bonds. The second-order valence-electron chi connectivity index (χ2n) is 10.0. The first-order valence-electron chi connectivity index (χ1n) is 12.7. The van der Waals surface area contributed by atoms with E-state index < -0.39 is 5.97 Å². The zero-order valence-corrected chi connectivity index (χ0v) is 19.4. The van der Waals surface area contributed by atoms with E-state index in [1.54, 1.807) is 6.07 Å². The Morgan fingerprint density at radius 3 is 2.76 bits per heavy atom. The van der Waals surface area contributed by atoms with E-state index >= 15 is 0 Å². The number of carbonyl (C=O) groups is 1. The molecule has 1 aliphatic carbocycles. The number of nitrogens with one attached hydrogen (secondary N) is 1. The minimum atomic E-state index is -0.852. The van der Waals surface area contributed by atoms with Gasteiger partial charge in [-0.2, -0.15) is 0 Å². The van der Waals surface area contributed by atoms with Crippen LogP contribution in [0.1, 0.15) is 84.8 Å². The van der Waals surface area contributed by atoms with Crippen LogP contribution < -0.4 is 0 Å². The van der Waals surface area contributed by atoms with Gasteiger partial charge in [-0.25, -0.2) is 4.79 Å². The van der Waals surface area contributed by atoms with E-state index in [1.165, 1.54) is 76.3 Å². The van der Waals surface area contributed by atoms with Gasteiger partial charge in [0, 0.05) is 40.1 Å². The van der Waals surface area contributed by atoms with Crippen molar-refractivity contribution < 1.29 is 9.90 Å². The van der Waals surface area contributed by atoms with Crippen LogP contribution in [-0.2, 0) is 19.4 Å². The number of aromatic nitrogens is 2. The molecule has 2 aliphatic rings. The number of hydrogen-bond acceptors (Lipinski definition) is 1. The van der Waals surface area contributed by atoms with E-state index in [0.29, 0.717) is 11.5 Å². The third kappa shape index (κ3) is 3.30. The van der Waals surface area contributed by atoms with Gasteiger partial charge in [-0.3, -0.25) is 0 Å². The number of H-pyrrole nitrogens is 1. The molecule has 0 radical (unpaired) electrons. The van der Waals surface area contributed by atoms with E-state index in [4.69, 9.17) is 0 Å². The molecule has 4 heteroatoms. The molecule has 0 unspecified atom stereocenters. The molecule has 1 aliphatic heterocycles. The molecule has 0 atom stereocenters. The van der Waals surface area contributed by atoms with Crippen molar-refractivity contribution in [1.82, 2.24) is 9.55 Å². The first-order chi connectivity index (χ1) is 16.2. The lowest BCUT2D eigenvalue weighted by atomic mass is 9.81. The van der Waals surface area contributed by atoms with E-state index in [-0.39, 0.29) is 0 Å². The molecule has 2 aromatic carbocycles. The van der Waals surface area contributed by atoms with Gasteiger partial charge in [0.1, 0.15) is 0 Å². The summed E-state index contributed by atoms with van der Waals surface area (Å²) in [5.74, 6) is -0.310. The zero-order valence-electron chi connectivity index (χ0n) is 19.4. The summed E-state index contributed by atoms with van der Waals surface area (Å²) in [6, 6.07) is 10.6. The van der Waals surface area contributed by atoms with Crippen molar-refractivity contribution >= 4 is 27.8 Å². The molecule has 170 valence electrons. The average Bonchev–Trinajstić information content (AvgIpc) is 3.37. The van der Waals surface area contributed by atoms with Crippen LogP contribution in [0.2, 0.25) is 0 Å².